The van der Waals surface area contributed by atoms with Crippen LogP contribution < -0.4 is 0 Å². The third-order valence-electron chi connectivity index (χ3n) is 19.9. The maximum atomic E-state index is 13.1. The number of carbonyl (C=O) groups is 3. The van der Waals surface area contributed by atoms with E-state index in [2.05, 4.69) is 191 Å². The molecule has 18 heteroatoms. The standard InChI is InChI=1S/C101H172O16P2/c1-4-7-10-13-16-19-22-25-28-31-33-35-37-39-41-43-45-47-49-51-53-55-57-59-61-64-66-69-72-75-78-81-84-87-99(104)111-90-96(102)91-113-118(107,108)114-92-97(103)93-115-119(109,110)116-95-98(117-101(106)89-86-83-80-77-74-71-68-63-30-27-24-21-18-15-12-9-6-3)94-112-100(105)88-85-82-79-76-73-70-67-65-62-60-58-56-54-52-50-48-46-44-42-40-38-36-34-32-29-26-23-20-17-14-11-8-5-2/h7-12,16-21,25-30,33-36,39-42,45,47,96-98,102-103H,4-6,13-15,22-24,31-32,37-38,43-44,46,48-95H2,1-3H3,(H,107,108)(H,109,110)/b10-7-,11-8-,12-9-,19-16-,20-17-,21-18-,28-25-,29-26-,30-27-,35-33-,36-34-,41-39-,42-40-,47-45-. The minimum Gasteiger partial charge on any atom is -0.463 e. The molecule has 0 fully saturated rings. The summed E-state index contributed by atoms with van der Waals surface area (Å²) >= 11 is 0. The summed E-state index contributed by atoms with van der Waals surface area (Å²) in [6.45, 7) is 2.38. The zero-order valence-electron chi connectivity index (χ0n) is 75.2. The molecule has 0 aliphatic heterocycles. The average Bonchev–Trinajstić information content (AvgIpc) is 0.899. The van der Waals surface area contributed by atoms with Gasteiger partial charge in [0.1, 0.15) is 25.4 Å². The Hall–Kier alpha value is -5.09. The van der Waals surface area contributed by atoms with Crippen LogP contribution in [0.25, 0.3) is 0 Å². The van der Waals surface area contributed by atoms with Crippen molar-refractivity contribution in [2.75, 3.05) is 39.6 Å². The SMILES string of the molecule is CC/C=C\C/C=C\C/C=C\C/C=C\C/C=C\C/C=C\CCCCCCCCCCCCCCCCC(=O)OCC(O)COP(=O)(O)OCC(O)COP(=O)(O)OCC(COC(=O)CCCCCCCCCCCCCCCCCCC/C=C\C/C=C\C/C=C\C/C=C\C/C=C\CC)OC(=O)CCCCCCCCC/C=C\C/C=C\C/C=C\CC. The Morgan fingerprint density at radius 3 is 0.664 bits per heavy atom. The third-order valence-corrected chi connectivity index (χ3v) is 21.8. The number of phosphoric ester groups is 2. The second-order valence-electron chi connectivity index (χ2n) is 31.4. The molecule has 0 radical (unpaired) electrons. The number of ether oxygens (including phenoxy) is 3. The molecule has 0 aliphatic carbocycles. The summed E-state index contributed by atoms with van der Waals surface area (Å²) in [5.41, 5.74) is 0. The number of allylic oxidation sites excluding steroid dienone is 28. The van der Waals surface area contributed by atoms with E-state index in [0.717, 1.165) is 180 Å². The highest BCUT2D eigenvalue weighted by atomic mass is 31.2. The molecule has 0 amide bonds. The normalized spacial score (nSPS) is 14.5. The van der Waals surface area contributed by atoms with Crippen LogP contribution in [0.5, 0.6) is 0 Å². The lowest BCUT2D eigenvalue weighted by Crippen LogP contribution is -2.30. The average molecular weight is 1700 g/mol. The van der Waals surface area contributed by atoms with E-state index in [0.29, 0.717) is 19.3 Å². The van der Waals surface area contributed by atoms with Gasteiger partial charge in [-0.25, -0.2) is 9.13 Å². The molecule has 5 atom stereocenters. The van der Waals surface area contributed by atoms with Crippen molar-refractivity contribution in [2.45, 2.75) is 411 Å². The van der Waals surface area contributed by atoms with Crippen LogP contribution in [0, 0.1) is 0 Å². The van der Waals surface area contributed by atoms with Crippen molar-refractivity contribution in [1.82, 2.24) is 0 Å². The molecular formula is C101H172O16P2. The molecule has 0 rings (SSSR count). The van der Waals surface area contributed by atoms with Gasteiger partial charge in [-0.1, -0.05) is 396 Å². The largest absolute Gasteiger partial charge is 0.472 e. The first-order valence-corrected chi connectivity index (χ1v) is 50.4. The number of hydrogen-bond acceptors (Lipinski definition) is 14. The van der Waals surface area contributed by atoms with Crippen molar-refractivity contribution in [1.29, 1.82) is 0 Å². The van der Waals surface area contributed by atoms with Crippen molar-refractivity contribution in [3.05, 3.63) is 170 Å². The highest BCUT2D eigenvalue weighted by Crippen LogP contribution is 2.45. The minimum atomic E-state index is -4.94. The number of hydrogen-bond donors (Lipinski definition) is 4. The fourth-order valence-electron chi connectivity index (χ4n) is 12.9. The summed E-state index contributed by atoms with van der Waals surface area (Å²) in [6, 6.07) is 0. The smallest absolute Gasteiger partial charge is 0.463 e. The minimum absolute atomic E-state index is 0.0917. The van der Waals surface area contributed by atoms with E-state index in [1.165, 1.54) is 154 Å². The van der Waals surface area contributed by atoms with Crippen LogP contribution >= 0.6 is 15.6 Å². The fraction of sp³-hybridized carbons (Fsp3) is 0.693. The first kappa shape index (κ1) is 114. The lowest BCUT2D eigenvalue weighted by Gasteiger charge is -2.21. The number of rotatable bonds is 89. The molecule has 0 bridgehead atoms. The Kier molecular flexibility index (Phi) is 88.2. The van der Waals surface area contributed by atoms with Gasteiger partial charge in [0.2, 0.25) is 0 Å². The second kappa shape index (κ2) is 92.1. The van der Waals surface area contributed by atoms with Crippen LogP contribution in [0.3, 0.4) is 0 Å². The van der Waals surface area contributed by atoms with Crippen LogP contribution in [-0.2, 0) is 55.8 Å². The van der Waals surface area contributed by atoms with Crippen molar-refractivity contribution in [3.8, 4) is 0 Å². The first-order chi connectivity index (χ1) is 58.2. The molecule has 0 aliphatic rings. The zero-order chi connectivity index (χ0) is 86.5. The highest BCUT2D eigenvalue weighted by molar-refractivity contribution is 7.47. The summed E-state index contributed by atoms with van der Waals surface area (Å²) in [5.74, 6) is -1.57. The van der Waals surface area contributed by atoms with E-state index in [9.17, 15) is 43.5 Å². The van der Waals surface area contributed by atoms with Crippen LogP contribution in [0.15, 0.2) is 170 Å². The van der Waals surface area contributed by atoms with Crippen molar-refractivity contribution in [3.63, 3.8) is 0 Å². The maximum absolute atomic E-state index is 13.1. The van der Waals surface area contributed by atoms with Gasteiger partial charge in [0, 0.05) is 19.3 Å². The predicted molar refractivity (Wildman–Crippen MR) is 500 cm³/mol. The molecule has 0 aromatic carbocycles. The predicted octanol–water partition coefficient (Wildman–Crippen LogP) is 29.4. The molecule has 682 valence electrons. The second-order valence-corrected chi connectivity index (χ2v) is 34.3. The first-order valence-electron chi connectivity index (χ1n) is 47.4. The van der Waals surface area contributed by atoms with Crippen molar-refractivity contribution in [2.24, 2.45) is 0 Å². The van der Waals surface area contributed by atoms with E-state index < -0.39 is 91.5 Å². The van der Waals surface area contributed by atoms with E-state index >= 15 is 0 Å². The summed E-state index contributed by atoms with van der Waals surface area (Å²) in [5, 5.41) is 20.7. The Balaban J connectivity index is 4.48. The lowest BCUT2D eigenvalue weighted by atomic mass is 10.0. The van der Waals surface area contributed by atoms with Gasteiger partial charge >= 0.3 is 33.6 Å². The monoisotopic (exact) mass is 1700 g/mol. The van der Waals surface area contributed by atoms with E-state index in [1.54, 1.807) is 0 Å². The summed E-state index contributed by atoms with van der Waals surface area (Å²) in [7, 11) is -9.81. The van der Waals surface area contributed by atoms with Gasteiger partial charge in [-0.05, 0) is 148 Å². The Bertz CT molecular complexity index is 2840. The Morgan fingerprint density at radius 1 is 0.235 bits per heavy atom. The molecule has 5 unspecified atom stereocenters. The Morgan fingerprint density at radius 2 is 0.420 bits per heavy atom. The number of phosphoric acid groups is 2. The van der Waals surface area contributed by atoms with Gasteiger partial charge in [-0.3, -0.25) is 32.5 Å². The maximum Gasteiger partial charge on any atom is 0.472 e. The van der Waals surface area contributed by atoms with Crippen LogP contribution in [0.1, 0.15) is 393 Å². The Labute approximate surface area is 726 Å². The molecule has 16 nitrogen and oxygen atoms in total. The molecule has 119 heavy (non-hydrogen) atoms. The quantitative estimate of drug-likeness (QED) is 0.0146. The molecule has 0 heterocycles. The van der Waals surface area contributed by atoms with Gasteiger partial charge in [0.15, 0.2) is 6.10 Å². The molecule has 0 saturated heterocycles. The highest BCUT2D eigenvalue weighted by Gasteiger charge is 2.30. The topological polar surface area (TPSA) is 231 Å². The number of aliphatic hydroxyl groups is 2. The molecular weight excluding hydrogens is 1530 g/mol. The van der Waals surface area contributed by atoms with Gasteiger partial charge in [-0.2, -0.15) is 0 Å². The van der Waals surface area contributed by atoms with Gasteiger partial charge in [-0.15, -0.1) is 0 Å². The van der Waals surface area contributed by atoms with Gasteiger partial charge in [0.25, 0.3) is 0 Å². The molecule has 0 spiro atoms. The van der Waals surface area contributed by atoms with Crippen LogP contribution in [0.4, 0.5) is 0 Å². The number of aliphatic hydroxyl groups excluding tert-OH is 2. The van der Waals surface area contributed by atoms with Gasteiger partial charge < -0.3 is 34.2 Å². The number of carbonyl (C=O) groups excluding carboxylic acids is 3. The van der Waals surface area contributed by atoms with Crippen molar-refractivity contribution < 1.29 is 75.8 Å². The lowest BCUT2D eigenvalue weighted by molar-refractivity contribution is -0.161. The van der Waals surface area contributed by atoms with E-state index in [4.69, 9.17) is 32.3 Å². The molecule has 4 N–H and O–H groups in total. The molecule has 0 aromatic heterocycles. The number of esters is 3. The van der Waals surface area contributed by atoms with Gasteiger partial charge in [0.05, 0.1) is 26.4 Å². The summed E-state index contributed by atoms with van der Waals surface area (Å²) in [6.07, 6.45) is 120. The molecule has 0 aromatic rings. The van der Waals surface area contributed by atoms with E-state index in [1.807, 2.05) is 0 Å². The van der Waals surface area contributed by atoms with E-state index in [-0.39, 0.29) is 19.3 Å². The zero-order valence-corrected chi connectivity index (χ0v) is 77.0. The van der Waals surface area contributed by atoms with Crippen molar-refractivity contribution >= 4 is 33.6 Å². The molecule has 0 saturated carbocycles. The summed E-state index contributed by atoms with van der Waals surface area (Å²) < 4.78 is 61.5. The van der Waals surface area contributed by atoms with Crippen LogP contribution in [-0.4, -0.2) is 95.9 Å². The fourth-order valence-corrected chi connectivity index (χ4v) is 14.4. The number of unbranched alkanes of at least 4 members (excludes halogenated alkanes) is 38. The third kappa shape index (κ3) is 93.5. The van der Waals surface area contributed by atoms with Crippen LogP contribution in [0.2, 0.25) is 0 Å². The summed E-state index contributed by atoms with van der Waals surface area (Å²) in [4.78, 5) is 59.0.